The Morgan fingerprint density at radius 1 is 1.31 bits per heavy atom. The minimum absolute atomic E-state index is 0.0253. The number of aromatic carboxylic acids is 1. The molecule has 1 aromatic heterocycles. The zero-order valence-electron chi connectivity index (χ0n) is 8.69. The predicted molar refractivity (Wildman–Crippen MR) is 59.1 cm³/mol. The molecule has 0 radical (unpaired) electrons. The van der Waals surface area contributed by atoms with E-state index in [-0.39, 0.29) is 11.1 Å². The standard InChI is InChI=1S/C10H13N3O3/c14-9-6-7(10(15)16)5-8(12-9)13-3-1-11-2-4-13/h5-6,11H,1-4H2,(H,12,14)(H,15,16). The van der Waals surface area contributed by atoms with Crippen molar-refractivity contribution in [3.63, 3.8) is 0 Å². The largest absolute Gasteiger partial charge is 0.478 e. The Balaban J connectivity index is 2.32. The molecule has 2 rings (SSSR count). The van der Waals surface area contributed by atoms with E-state index in [1.54, 1.807) is 0 Å². The summed E-state index contributed by atoms with van der Waals surface area (Å²) in [5.41, 5.74) is -0.356. The van der Waals surface area contributed by atoms with Crippen LogP contribution in [0.15, 0.2) is 16.9 Å². The number of carboxylic acid groups (broad SMARTS) is 1. The number of aromatic nitrogens is 1. The lowest BCUT2D eigenvalue weighted by Gasteiger charge is -2.28. The van der Waals surface area contributed by atoms with Gasteiger partial charge in [-0.15, -0.1) is 0 Å². The zero-order valence-corrected chi connectivity index (χ0v) is 8.69. The number of nitrogens with one attached hydrogen (secondary N) is 2. The second kappa shape index (κ2) is 4.36. The quantitative estimate of drug-likeness (QED) is 0.628. The topological polar surface area (TPSA) is 85.4 Å². The molecule has 6 heteroatoms. The lowest BCUT2D eigenvalue weighted by molar-refractivity contribution is 0.0696. The van der Waals surface area contributed by atoms with Crippen molar-refractivity contribution in [2.45, 2.75) is 0 Å². The van der Waals surface area contributed by atoms with E-state index in [9.17, 15) is 9.59 Å². The number of carbonyl (C=O) groups is 1. The number of pyridine rings is 1. The first kappa shape index (κ1) is 10.7. The predicted octanol–water partition coefficient (Wildman–Crippen LogP) is -0.517. The molecule has 1 aliphatic heterocycles. The molecule has 0 aromatic carbocycles. The van der Waals surface area contributed by atoms with Gasteiger partial charge in [-0.25, -0.2) is 4.79 Å². The SMILES string of the molecule is O=C(O)c1cc(N2CCNCC2)[nH]c(=O)c1. The van der Waals surface area contributed by atoms with Gasteiger partial charge in [0.2, 0.25) is 5.56 Å². The molecule has 0 bridgehead atoms. The highest BCUT2D eigenvalue weighted by atomic mass is 16.4. The maximum Gasteiger partial charge on any atom is 0.336 e. The highest BCUT2D eigenvalue weighted by Gasteiger charge is 2.13. The van der Waals surface area contributed by atoms with E-state index in [1.165, 1.54) is 6.07 Å². The minimum Gasteiger partial charge on any atom is -0.478 e. The average molecular weight is 223 g/mol. The van der Waals surface area contributed by atoms with Crippen LogP contribution < -0.4 is 15.8 Å². The second-order valence-corrected chi connectivity index (χ2v) is 3.66. The van der Waals surface area contributed by atoms with Gasteiger partial charge in [-0.2, -0.15) is 0 Å². The maximum atomic E-state index is 11.3. The van der Waals surface area contributed by atoms with E-state index in [0.29, 0.717) is 5.82 Å². The van der Waals surface area contributed by atoms with Crippen LogP contribution in [-0.2, 0) is 0 Å². The molecule has 0 unspecified atom stereocenters. The molecular formula is C10H13N3O3. The molecule has 2 heterocycles. The molecule has 0 spiro atoms. The van der Waals surface area contributed by atoms with Crippen molar-refractivity contribution in [2.75, 3.05) is 31.1 Å². The molecule has 3 N–H and O–H groups in total. The summed E-state index contributed by atoms with van der Waals surface area (Å²) in [5.74, 6) is -0.506. The summed E-state index contributed by atoms with van der Waals surface area (Å²) in [5, 5.41) is 12.0. The fourth-order valence-electron chi connectivity index (χ4n) is 1.73. The van der Waals surface area contributed by atoms with Crippen LogP contribution in [0.25, 0.3) is 0 Å². The Morgan fingerprint density at radius 3 is 2.62 bits per heavy atom. The van der Waals surface area contributed by atoms with Gasteiger partial charge < -0.3 is 20.3 Å². The van der Waals surface area contributed by atoms with E-state index in [1.807, 2.05) is 4.90 Å². The normalized spacial score (nSPS) is 16.1. The Hall–Kier alpha value is -1.82. The number of aromatic amines is 1. The summed E-state index contributed by atoms with van der Waals surface area (Å²) < 4.78 is 0. The lowest BCUT2D eigenvalue weighted by Crippen LogP contribution is -2.44. The number of H-pyrrole nitrogens is 1. The van der Waals surface area contributed by atoms with Crippen molar-refractivity contribution in [1.29, 1.82) is 0 Å². The van der Waals surface area contributed by atoms with Crippen LogP contribution in [0.5, 0.6) is 0 Å². The van der Waals surface area contributed by atoms with Crippen LogP contribution >= 0.6 is 0 Å². The first-order chi connectivity index (χ1) is 7.66. The summed E-state index contributed by atoms with van der Waals surface area (Å²) in [6.07, 6.45) is 0. The number of rotatable bonds is 2. The Bertz CT molecular complexity index is 449. The van der Waals surface area contributed by atoms with Gasteiger partial charge >= 0.3 is 5.97 Å². The summed E-state index contributed by atoms with van der Waals surface area (Å²) >= 11 is 0. The van der Waals surface area contributed by atoms with Crippen LogP contribution in [-0.4, -0.2) is 42.2 Å². The third-order valence-electron chi connectivity index (χ3n) is 2.53. The monoisotopic (exact) mass is 223 g/mol. The van der Waals surface area contributed by atoms with Crippen molar-refractivity contribution in [1.82, 2.24) is 10.3 Å². The molecule has 86 valence electrons. The highest BCUT2D eigenvalue weighted by molar-refractivity contribution is 5.88. The first-order valence-electron chi connectivity index (χ1n) is 5.10. The van der Waals surface area contributed by atoms with E-state index >= 15 is 0 Å². The van der Waals surface area contributed by atoms with Gasteiger partial charge in [-0.3, -0.25) is 4.79 Å². The van der Waals surface area contributed by atoms with Gasteiger partial charge in [-0.1, -0.05) is 0 Å². The fourth-order valence-corrected chi connectivity index (χ4v) is 1.73. The van der Waals surface area contributed by atoms with Crippen molar-refractivity contribution in [3.8, 4) is 0 Å². The summed E-state index contributed by atoms with van der Waals surface area (Å²) in [7, 11) is 0. The van der Waals surface area contributed by atoms with Gasteiger partial charge in [-0.05, 0) is 6.07 Å². The Kier molecular flexibility index (Phi) is 2.91. The zero-order chi connectivity index (χ0) is 11.5. The van der Waals surface area contributed by atoms with Crippen LogP contribution in [0.4, 0.5) is 5.82 Å². The molecule has 1 aromatic rings. The number of hydrogen-bond donors (Lipinski definition) is 3. The van der Waals surface area contributed by atoms with E-state index in [4.69, 9.17) is 5.11 Å². The van der Waals surface area contributed by atoms with Crippen molar-refractivity contribution < 1.29 is 9.90 Å². The van der Waals surface area contributed by atoms with Crippen molar-refractivity contribution >= 4 is 11.8 Å². The summed E-state index contributed by atoms with van der Waals surface area (Å²) in [6.45, 7) is 3.19. The average Bonchev–Trinajstić information content (AvgIpc) is 2.29. The molecule has 0 aliphatic carbocycles. The van der Waals surface area contributed by atoms with E-state index < -0.39 is 5.97 Å². The third-order valence-corrected chi connectivity index (χ3v) is 2.53. The number of anilines is 1. The van der Waals surface area contributed by atoms with Crippen LogP contribution in [0.2, 0.25) is 0 Å². The maximum absolute atomic E-state index is 11.3. The van der Waals surface area contributed by atoms with Crippen molar-refractivity contribution in [3.05, 3.63) is 28.0 Å². The van der Waals surface area contributed by atoms with Crippen molar-refractivity contribution in [2.24, 2.45) is 0 Å². The third kappa shape index (κ3) is 2.22. The smallest absolute Gasteiger partial charge is 0.336 e. The molecule has 0 amide bonds. The molecule has 16 heavy (non-hydrogen) atoms. The molecular weight excluding hydrogens is 210 g/mol. The molecule has 1 saturated heterocycles. The van der Waals surface area contributed by atoms with E-state index in [0.717, 1.165) is 32.2 Å². The van der Waals surface area contributed by atoms with E-state index in [2.05, 4.69) is 10.3 Å². The molecule has 6 nitrogen and oxygen atoms in total. The second-order valence-electron chi connectivity index (χ2n) is 3.66. The lowest BCUT2D eigenvalue weighted by atomic mass is 10.2. The Labute approximate surface area is 91.9 Å². The highest BCUT2D eigenvalue weighted by Crippen LogP contribution is 2.11. The minimum atomic E-state index is -1.08. The van der Waals surface area contributed by atoms with Gasteiger partial charge in [0.05, 0.1) is 5.56 Å². The number of carboxylic acids is 1. The number of piperazine rings is 1. The van der Waals surface area contributed by atoms with Crippen LogP contribution in [0, 0.1) is 0 Å². The van der Waals surface area contributed by atoms with Crippen LogP contribution in [0.1, 0.15) is 10.4 Å². The first-order valence-corrected chi connectivity index (χ1v) is 5.10. The van der Waals surface area contributed by atoms with Crippen LogP contribution in [0.3, 0.4) is 0 Å². The molecule has 1 fully saturated rings. The molecule has 0 saturated carbocycles. The molecule has 0 atom stereocenters. The van der Waals surface area contributed by atoms with Gasteiger partial charge in [0.1, 0.15) is 5.82 Å². The van der Waals surface area contributed by atoms with Gasteiger partial charge in [0.25, 0.3) is 0 Å². The summed E-state index contributed by atoms with van der Waals surface area (Å²) in [4.78, 5) is 26.7. The van der Waals surface area contributed by atoms with Gasteiger partial charge in [0, 0.05) is 32.2 Å². The number of hydrogen-bond acceptors (Lipinski definition) is 4. The Morgan fingerprint density at radius 2 is 2.00 bits per heavy atom. The number of nitrogens with zero attached hydrogens (tertiary/aromatic N) is 1. The fraction of sp³-hybridized carbons (Fsp3) is 0.400. The molecule has 1 aliphatic rings. The summed E-state index contributed by atoms with van der Waals surface area (Å²) in [6, 6.07) is 2.59. The van der Waals surface area contributed by atoms with Gasteiger partial charge in [0.15, 0.2) is 0 Å².